The van der Waals surface area contributed by atoms with Crippen molar-refractivity contribution < 1.29 is 30.5 Å². The van der Waals surface area contributed by atoms with Gasteiger partial charge in [0.05, 0.1) is 21.3 Å². The normalized spacial score (nSPS) is 18.0. The molecule has 0 amide bonds. The molecule has 9 heteroatoms. The minimum Gasteiger partial charge on any atom is -0.381 e. The molecule has 1 rings (SSSR count). The van der Waals surface area contributed by atoms with Gasteiger partial charge in [0.2, 0.25) is 0 Å². The van der Waals surface area contributed by atoms with Crippen molar-refractivity contribution >= 4 is 18.2 Å². The maximum atomic E-state index is 12.5. The van der Waals surface area contributed by atoms with Gasteiger partial charge in [0, 0.05) is 6.42 Å². The Kier molecular flexibility index (Phi) is 5.90. The molecule has 1 aliphatic heterocycles. The second-order valence-corrected chi connectivity index (χ2v) is 11.9. The van der Waals surface area contributed by atoms with Gasteiger partial charge in [0.15, 0.2) is 0 Å². The number of halogens is 3. The number of ether oxygens (including phenoxy) is 1. The molecule has 0 bridgehead atoms. The molecule has 0 aromatic carbocycles. The van der Waals surface area contributed by atoms with E-state index in [9.17, 15) is 21.6 Å². The van der Waals surface area contributed by atoms with Crippen LogP contribution in [0.5, 0.6) is 0 Å². The summed E-state index contributed by atoms with van der Waals surface area (Å²) in [4.78, 5) is 0. The van der Waals surface area contributed by atoms with E-state index in [1.165, 1.54) is 0 Å². The second-order valence-electron chi connectivity index (χ2n) is 5.03. The lowest BCUT2D eigenvalue weighted by atomic mass is 10.3. The molecular weight excluding hydrogens is 325 g/mol. The molecule has 21 heavy (non-hydrogen) atoms. The van der Waals surface area contributed by atoms with Gasteiger partial charge in [-0.05, 0) is 5.20 Å². The summed E-state index contributed by atoms with van der Waals surface area (Å²) < 4.78 is 69.8. The monoisotopic (exact) mass is 346 g/mol. The minimum absolute atomic E-state index is 0.0456. The summed E-state index contributed by atoms with van der Waals surface area (Å²) in [7, 11) is -7.65. The average Bonchev–Trinajstić information content (AvgIpc) is 2.41. The van der Waals surface area contributed by atoms with Gasteiger partial charge >= 0.3 is 15.6 Å². The van der Waals surface area contributed by atoms with E-state index >= 15 is 0 Å². The van der Waals surface area contributed by atoms with Crippen LogP contribution in [0.15, 0.2) is 11.0 Å². The van der Waals surface area contributed by atoms with Gasteiger partial charge in [0.1, 0.15) is 5.76 Å². The van der Waals surface area contributed by atoms with Crippen LogP contribution < -0.4 is 0 Å². The van der Waals surface area contributed by atoms with Gasteiger partial charge in [-0.1, -0.05) is 38.9 Å². The summed E-state index contributed by atoms with van der Waals surface area (Å²) in [6.07, 6.45) is 0.0688. The Balaban J connectivity index is 3.27. The van der Waals surface area contributed by atoms with Crippen LogP contribution in [0.25, 0.3) is 0 Å². The lowest BCUT2D eigenvalue weighted by Gasteiger charge is -2.35. The SMILES string of the molecule is CC[Si](CC)(CC)C1=C(OS(=O)(=O)C(F)(F)F)CCOC1. The molecule has 0 fully saturated rings. The van der Waals surface area contributed by atoms with Crippen LogP contribution in [-0.4, -0.2) is 35.2 Å². The van der Waals surface area contributed by atoms with Gasteiger partial charge in [-0.15, -0.1) is 0 Å². The summed E-state index contributed by atoms with van der Waals surface area (Å²) in [6, 6.07) is 2.45. The van der Waals surface area contributed by atoms with Crippen LogP contribution in [0.1, 0.15) is 27.2 Å². The minimum atomic E-state index is -5.61. The Morgan fingerprint density at radius 2 is 1.71 bits per heavy atom. The lowest BCUT2D eigenvalue weighted by molar-refractivity contribution is -0.0528. The van der Waals surface area contributed by atoms with Crippen molar-refractivity contribution in [3.05, 3.63) is 11.0 Å². The molecule has 1 aliphatic rings. The largest absolute Gasteiger partial charge is 0.534 e. The second kappa shape index (κ2) is 6.70. The highest BCUT2D eigenvalue weighted by atomic mass is 32.2. The van der Waals surface area contributed by atoms with Crippen molar-refractivity contribution in [2.24, 2.45) is 0 Å². The van der Waals surface area contributed by atoms with E-state index in [1.807, 2.05) is 20.8 Å². The predicted molar refractivity (Wildman–Crippen MR) is 75.7 cm³/mol. The fourth-order valence-electron chi connectivity index (χ4n) is 2.68. The average molecular weight is 346 g/mol. The standard InChI is InChI=1S/C12H21F3O4SSi/c1-4-21(5-2,6-3)11-9-18-8-7-10(11)19-20(16,17)12(13,14)15/h4-9H2,1-3H3. The summed E-state index contributed by atoms with van der Waals surface area (Å²) in [6.45, 7) is 6.29. The number of alkyl halides is 3. The van der Waals surface area contributed by atoms with Crippen molar-refractivity contribution in [3.63, 3.8) is 0 Å². The Morgan fingerprint density at radius 1 is 1.19 bits per heavy atom. The quantitative estimate of drug-likeness (QED) is 0.419. The third-order valence-electron chi connectivity index (χ3n) is 4.22. The van der Waals surface area contributed by atoms with Crippen LogP contribution in [0.2, 0.25) is 18.1 Å². The number of hydrogen-bond donors (Lipinski definition) is 0. The smallest absolute Gasteiger partial charge is 0.381 e. The summed E-state index contributed by atoms with van der Waals surface area (Å²) in [5.74, 6) is -0.0456. The van der Waals surface area contributed by atoms with Crippen LogP contribution in [0.4, 0.5) is 13.2 Å². The van der Waals surface area contributed by atoms with E-state index in [1.54, 1.807) is 0 Å². The molecule has 1 heterocycles. The molecular formula is C12H21F3O4SSi. The Morgan fingerprint density at radius 3 is 2.14 bits per heavy atom. The van der Waals surface area contributed by atoms with Gasteiger partial charge in [-0.2, -0.15) is 21.6 Å². The first kappa shape index (κ1) is 18.5. The molecule has 0 saturated carbocycles. The third kappa shape index (κ3) is 3.81. The van der Waals surface area contributed by atoms with Crippen molar-refractivity contribution in [3.8, 4) is 0 Å². The number of rotatable bonds is 6. The van der Waals surface area contributed by atoms with Gasteiger partial charge in [-0.3, -0.25) is 0 Å². The lowest BCUT2D eigenvalue weighted by Crippen LogP contribution is -2.40. The Labute approximate surface area is 124 Å². The first-order valence-corrected chi connectivity index (χ1v) is 11.0. The highest BCUT2D eigenvalue weighted by Gasteiger charge is 2.49. The maximum absolute atomic E-state index is 12.5. The van der Waals surface area contributed by atoms with Crippen molar-refractivity contribution in [1.29, 1.82) is 0 Å². The molecule has 0 unspecified atom stereocenters. The first-order chi connectivity index (χ1) is 9.63. The molecule has 0 radical (unpaired) electrons. The Hall–Kier alpha value is -0.543. The first-order valence-electron chi connectivity index (χ1n) is 6.94. The molecule has 124 valence electrons. The van der Waals surface area contributed by atoms with Crippen molar-refractivity contribution in [1.82, 2.24) is 0 Å². The predicted octanol–water partition coefficient (Wildman–Crippen LogP) is 3.57. The molecule has 0 aromatic rings. The van der Waals surface area contributed by atoms with Crippen LogP contribution in [-0.2, 0) is 19.0 Å². The van der Waals surface area contributed by atoms with E-state index in [0.717, 1.165) is 18.1 Å². The summed E-state index contributed by atoms with van der Waals surface area (Å²) in [5, 5.41) is 0.675. The highest BCUT2D eigenvalue weighted by molar-refractivity contribution is 7.87. The summed E-state index contributed by atoms with van der Waals surface area (Å²) >= 11 is 0. The zero-order valence-corrected chi connectivity index (χ0v) is 14.2. The molecule has 4 nitrogen and oxygen atoms in total. The molecule has 0 spiro atoms. The van der Waals surface area contributed by atoms with E-state index in [-0.39, 0.29) is 25.4 Å². The Bertz CT molecular complexity index is 487. The van der Waals surface area contributed by atoms with Crippen LogP contribution in [0, 0.1) is 0 Å². The van der Waals surface area contributed by atoms with Crippen LogP contribution >= 0.6 is 0 Å². The third-order valence-corrected chi connectivity index (χ3v) is 11.0. The van der Waals surface area contributed by atoms with E-state index < -0.39 is 23.7 Å². The summed E-state index contributed by atoms with van der Waals surface area (Å²) in [5.41, 5.74) is -5.40. The molecule has 0 atom stereocenters. The van der Waals surface area contributed by atoms with E-state index in [0.29, 0.717) is 5.20 Å². The van der Waals surface area contributed by atoms with Crippen molar-refractivity contribution in [2.45, 2.75) is 50.8 Å². The van der Waals surface area contributed by atoms with Crippen LogP contribution in [0.3, 0.4) is 0 Å². The van der Waals surface area contributed by atoms with Gasteiger partial charge < -0.3 is 8.92 Å². The molecule has 0 saturated heterocycles. The van der Waals surface area contributed by atoms with Gasteiger partial charge in [-0.25, -0.2) is 0 Å². The molecule has 0 aliphatic carbocycles. The maximum Gasteiger partial charge on any atom is 0.534 e. The van der Waals surface area contributed by atoms with E-state index in [4.69, 9.17) is 4.74 Å². The number of hydrogen-bond acceptors (Lipinski definition) is 4. The fraction of sp³-hybridized carbons (Fsp3) is 0.833. The van der Waals surface area contributed by atoms with E-state index in [2.05, 4.69) is 4.18 Å². The zero-order chi connectivity index (χ0) is 16.3. The van der Waals surface area contributed by atoms with Gasteiger partial charge in [0.25, 0.3) is 0 Å². The highest BCUT2D eigenvalue weighted by Crippen LogP contribution is 2.36. The van der Waals surface area contributed by atoms with Crippen molar-refractivity contribution in [2.75, 3.05) is 13.2 Å². The topological polar surface area (TPSA) is 52.6 Å². The molecule has 0 aromatic heterocycles. The fourth-order valence-corrected chi connectivity index (χ4v) is 7.25. The molecule has 0 N–H and O–H groups in total. The zero-order valence-electron chi connectivity index (χ0n) is 12.4.